The van der Waals surface area contributed by atoms with Crippen LogP contribution in [0.15, 0.2) is 54.6 Å². The predicted octanol–water partition coefficient (Wildman–Crippen LogP) is 5.52. The van der Waals surface area contributed by atoms with Crippen LogP contribution in [-0.2, 0) is 17.6 Å². The molecular weight excluding hydrogens is 522 g/mol. The Labute approximate surface area is 230 Å². The molecular formula is C29H28ClN3O4S. The molecule has 0 spiro atoms. The third-order valence-electron chi connectivity index (χ3n) is 7.00. The smallest absolute Gasteiger partial charge is 0.265 e. The van der Waals surface area contributed by atoms with Gasteiger partial charge in [-0.2, -0.15) is 0 Å². The van der Waals surface area contributed by atoms with Crippen LogP contribution < -0.4 is 5.32 Å². The lowest BCUT2D eigenvalue weighted by atomic mass is 9.95. The highest BCUT2D eigenvalue weighted by molar-refractivity contribution is 7.18. The molecule has 1 saturated heterocycles. The molecule has 2 N–H and O–H groups in total. The summed E-state index contributed by atoms with van der Waals surface area (Å²) in [4.78, 5) is 41.4. The topological polar surface area (TPSA) is 99.6 Å². The maximum Gasteiger partial charge on any atom is 0.265 e. The second-order valence-electron chi connectivity index (χ2n) is 9.50. The number of ether oxygens (including phenoxy) is 1. The van der Waals surface area contributed by atoms with E-state index in [-0.39, 0.29) is 17.5 Å². The van der Waals surface area contributed by atoms with E-state index in [0.29, 0.717) is 64.3 Å². The molecule has 7 nitrogen and oxygen atoms in total. The number of aryl methyl sites for hydroxylation is 1. The van der Waals surface area contributed by atoms with Gasteiger partial charge in [0, 0.05) is 25.1 Å². The maximum atomic E-state index is 13.2. The highest BCUT2D eigenvalue weighted by Gasteiger charge is 2.39. The van der Waals surface area contributed by atoms with E-state index in [2.05, 4.69) is 22.3 Å². The summed E-state index contributed by atoms with van der Waals surface area (Å²) in [5, 5.41) is 11.1. The number of thiophene rings is 1. The van der Waals surface area contributed by atoms with Crippen molar-refractivity contribution in [3.05, 3.63) is 86.1 Å². The number of nitrogens with zero attached hydrogens (tertiary/aromatic N) is 1. The molecule has 3 aromatic rings. The lowest BCUT2D eigenvalue weighted by Crippen LogP contribution is -2.41. The SMILES string of the molecule is N=C(Cc1ccc(CCCC2C(=O)c3cccc(NC(=O)c4ccc(Cl)s4)c3C2=O)cc1)N1CCOCC1. The Morgan fingerprint density at radius 2 is 1.76 bits per heavy atom. The standard InChI is InChI=1S/C29H28ClN3O4S/c30-24-12-11-23(38-24)29(36)32-22-6-2-4-20-26(22)28(35)21(27(20)34)5-1-3-18-7-9-19(10-8-18)17-25(31)33-13-15-37-16-14-33/h2,4,6-12,21,31H,1,3,5,13-17H2,(H,32,36). The number of hydrogen-bond donors (Lipinski definition) is 2. The minimum absolute atomic E-state index is 0.183. The van der Waals surface area contributed by atoms with Gasteiger partial charge in [0.25, 0.3) is 5.91 Å². The summed E-state index contributed by atoms with van der Waals surface area (Å²) in [6.07, 6.45) is 2.47. The van der Waals surface area contributed by atoms with Crippen LogP contribution in [0.25, 0.3) is 0 Å². The highest BCUT2D eigenvalue weighted by Crippen LogP contribution is 2.35. The predicted molar refractivity (Wildman–Crippen MR) is 149 cm³/mol. The molecule has 0 radical (unpaired) electrons. The Kier molecular flexibility index (Phi) is 8.02. The zero-order chi connectivity index (χ0) is 26.6. The van der Waals surface area contributed by atoms with Crippen molar-refractivity contribution in [1.82, 2.24) is 4.90 Å². The zero-order valence-electron chi connectivity index (χ0n) is 20.8. The summed E-state index contributed by atoms with van der Waals surface area (Å²) in [5.41, 5.74) is 3.24. The maximum absolute atomic E-state index is 13.2. The van der Waals surface area contributed by atoms with Gasteiger partial charge in [0.1, 0.15) is 5.84 Å². The summed E-state index contributed by atoms with van der Waals surface area (Å²) in [5.74, 6) is -0.900. The van der Waals surface area contributed by atoms with Crippen LogP contribution in [0.4, 0.5) is 5.69 Å². The number of carbonyl (C=O) groups is 3. The second-order valence-corrected chi connectivity index (χ2v) is 11.2. The number of rotatable bonds is 8. The van der Waals surface area contributed by atoms with E-state index < -0.39 is 5.92 Å². The van der Waals surface area contributed by atoms with Crippen LogP contribution in [0.3, 0.4) is 0 Å². The number of carbonyl (C=O) groups excluding carboxylic acids is 3. The van der Waals surface area contributed by atoms with Gasteiger partial charge in [-0.1, -0.05) is 48.0 Å². The van der Waals surface area contributed by atoms with Crippen LogP contribution >= 0.6 is 22.9 Å². The number of hydrogen-bond acceptors (Lipinski definition) is 6. The number of amides is 1. The number of ketones is 2. The van der Waals surface area contributed by atoms with E-state index in [1.54, 1.807) is 30.3 Å². The van der Waals surface area contributed by atoms with Crippen molar-refractivity contribution >= 4 is 51.9 Å². The van der Waals surface area contributed by atoms with E-state index in [1.807, 2.05) is 12.1 Å². The molecule has 2 heterocycles. The first-order chi connectivity index (χ1) is 18.4. The van der Waals surface area contributed by atoms with Gasteiger partial charge in [-0.15, -0.1) is 11.3 Å². The lowest BCUT2D eigenvalue weighted by Gasteiger charge is -2.29. The van der Waals surface area contributed by atoms with Crippen LogP contribution in [-0.4, -0.2) is 54.5 Å². The summed E-state index contributed by atoms with van der Waals surface area (Å²) in [6, 6.07) is 16.5. The molecule has 2 aliphatic rings. The molecule has 0 bridgehead atoms. The van der Waals surface area contributed by atoms with Gasteiger partial charge in [0.2, 0.25) is 0 Å². The van der Waals surface area contributed by atoms with Crippen LogP contribution in [0.2, 0.25) is 4.34 Å². The summed E-state index contributed by atoms with van der Waals surface area (Å²) < 4.78 is 5.86. The van der Waals surface area contributed by atoms with Crippen LogP contribution in [0.5, 0.6) is 0 Å². The molecule has 38 heavy (non-hydrogen) atoms. The average Bonchev–Trinajstić information content (AvgIpc) is 3.47. The number of anilines is 1. The van der Waals surface area contributed by atoms with Crippen molar-refractivity contribution < 1.29 is 19.1 Å². The quantitative estimate of drug-likeness (QED) is 0.219. The van der Waals surface area contributed by atoms with Gasteiger partial charge in [-0.05, 0) is 48.6 Å². The number of morpholine rings is 1. The van der Waals surface area contributed by atoms with Gasteiger partial charge in [-0.25, -0.2) is 0 Å². The van der Waals surface area contributed by atoms with Crippen molar-refractivity contribution in [3.8, 4) is 0 Å². The lowest BCUT2D eigenvalue weighted by molar-refractivity contribution is 0.0670. The number of benzene rings is 2. The number of Topliss-reactive ketones (excluding diaryl/α,β-unsaturated/α-hetero) is 2. The Bertz CT molecular complexity index is 1380. The summed E-state index contributed by atoms with van der Waals surface area (Å²) >= 11 is 7.09. The normalized spacial score (nSPS) is 17.0. The van der Waals surface area contributed by atoms with E-state index in [0.717, 1.165) is 42.0 Å². The second kappa shape index (κ2) is 11.6. The van der Waals surface area contributed by atoms with E-state index in [9.17, 15) is 14.4 Å². The van der Waals surface area contributed by atoms with Gasteiger partial charge in [-0.3, -0.25) is 19.8 Å². The Morgan fingerprint density at radius 1 is 1.03 bits per heavy atom. The Balaban J connectivity index is 1.17. The van der Waals surface area contributed by atoms with Crippen molar-refractivity contribution in [1.29, 1.82) is 5.41 Å². The third kappa shape index (κ3) is 5.72. The number of fused-ring (bicyclic) bond motifs is 1. The van der Waals surface area contributed by atoms with Gasteiger partial charge in [0.05, 0.1) is 39.6 Å². The Hall–Kier alpha value is -3.33. The number of amidine groups is 1. The minimum Gasteiger partial charge on any atom is -0.378 e. The molecule has 0 saturated carbocycles. The fourth-order valence-electron chi connectivity index (χ4n) is 4.96. The molecule has 1 unspecified atom stereocenters. The summed E-state index contributed by atoms with van der Waals surface area (Å²) in [6.45, 7) is 2.85. The van der Waals surface area contributed by atoms with Crippen molar-refractivity contribution in [2.24, 2.45) is 5.92 Å². The third-order valence-corrected chi connectivity index (χ3v) is 8.23. The van der Waals surface area contributed by atoms with Crippen molar-refractivity contribution in [2.45, 2.75) is 25.7 Å². The number of halogens is 1. The molecule has 1 fully saturated rings. The van der Waals surface area contributed by atoms with Crippen molar-refractivity contribution in [3.63, 3.8) is 0 Å². The van der Waals surface area contributed by atoms with Crippen LogP contribution in [0.1, 0.15) is 54.4 Å². The fourth-order valence-corrected chi connectivity index (χ4v) is 5.90. The van der Waals surface area contributed by atoms with Crippen LogP contribution in [0, 0.1) is 11.3 Å². The van der Waals surface area contributed by atoms with E-state index in [4.69, 9.17) is 21.7 Å². The molecule has 9 heteroatoms. The van der Waals surface area contributed by atoms with Gasteiger partial charge < -0.3 is 15.0 Å². The van der Waals surface area contributed by atoms with Gasteiger partial charge in [0.15, 0.2) is 11.6 Å². The van der Waals surface area contributed by atoms with E-state index in [1.165, 1.54) is 0 Å². The van der Waals surface area contributed by atoms with E-state index >= 15 is 0 Å². The highest BCUT2D eigenvalue weighted by atomic mass is 35.5. The van der Waals surface area contributed by atoms with Gasteiger partial charge >= 0.3 is 0 Å². The molecule has 5 rings (SSSR count). The zero-order valence-corrected chi connectivity index (χ0v) is 22.4. The molecule has 1 aromatic heterocycles. The molecule has 1 atom stereocenters. The first-order valence-corrected chi connectivity index (χ1v) is 13.9. The molecule has 196 valence electrons. The molecule has 1 aliphatic heterocycles. The summed E-state index contributed by atoms with van der Waals surface area (Å²) in [7, 11) is 0. The number of nitrogens with one attached hydrogen (secondary N) is 2. The fraction of sp³-hybridized carbons (Fsp3) is 0.310. The van der Waals surface area contributed by atoms with Crippen molar-refractivity contribution in [2.75, 3.05) is 31.6 Å². The monoisotopic (exact) mass is 549 g/mol. The first-order valence-electron chi connectivity index (χ1n) is 12.7. The first kappa shape index (κ1) is 26.3. The largest absolute Gasteiger partial charge is 0.378 e. The minimum atomic E-state index is -0.729. The molecule has 2 aromatic carbocycles. The molecule has 1 amide bonds. The molecule has 1 aliphatic carbocycles. The Morgan fingerprint density at radius 3 is 2.47 bits per heavy atom. The average molecular weight is 550 g/mol.